The summed E-state index contributed by atoms with van der Waals surface area (Å²) in [6.45, 7) is 1.58. The van der Waals surface area contributed by atoms with Crippen LogP contribution in [0.15, 0.2) is 17.4 Å². The minimum atomic E-state index is -4.50. The van der Waals surface area contributed by atoms with E-state index >= 15 is 0 Å². The summed E-state index contributed by atoms with van der Waals surface area (Å²) >= 11 is 0. The molecule has 0 fully saturated rings. The molecule has 0 aliphatic rings. The van der Waals surface area contributed by atoms with Crippen LogP contribution in [0.1, 0.15) is 5.69 Å². The van der Waals surface area contributed by atoms with Crippen LogP contribution in [-0.2, 0) is 10.1 Å². The molecule has 1 rings (SSSR count). The third-order valence-corrected chi connectivity index (χ3v) is 1.64. The number of rotatable bonds is 1. The molecule has 0 atom stereocenters. The normalized spacial score (nSPS) is 10.5. The molecule has 0 aliphatic heterocycles. The Hall–Kier alpha value is 0.626. The van der Waals surface area contributed by atoms with E-state index in [0.717, 1.165) is 0 Å². The van der Waals surface area contributed by atoms with Crippen LogP contribution in [0.25, 0.3) is 0 Å². The van der Waals surface area contributed by atoms with Crippen LogP contribution in [0, 0.1) is 6.92 Å². The van der Waals surface area contributed by atoms with Crippen molar-refractivity contribution in [2.45, 2.75) is 12.1 Å². The van der Waals surface area contributed by atoms with Gasteiger partial charge in [0, 0.05) is 11.9 Å². The van der Waals surface area contributed by atoms with Crippen molar-refractivity contribution in [2.75, 3.05) is 0 Å². The molecule has 0 aromatic carbocycles. The molecule has 0 amide bonds. The topological polar surface area (TPSA) is 83.0 Å². The van der Waals surface area contributed by atoms with Crippen molar-refractivity contribution in [2.24, 2.45) is 0 Å². The first kappa shape index (κ1) is 12.6. The fourth-order valence-electron chi connectivity index (χ4n) is 0.546. The van der Waals surface area contributed by atoms with Gasteiger partial charge in [-0.2, -0.15) is 0 Å². The quantitative estimate of drug-likeness (QED) is 0.276. The smallest absolute Gasteiger partial charge is 0.742 e. The van der Waals surface area contributed by atoms with E-state index in [1.54, 1.807) is 6.92 Å². The van der Waals surface area contributed by atoms with Gasteiger partial charge in [-0.1, -0.05) is 0 Å². The first-order valence-corrected chi connectivity index (χ1v) is 4.16. The van der Waals surface area contributed by atoms with Gasteiger partial charge in [0.15, 0.2) is 10.1 Å². The van der Waals surface area contributed by atoms with Gasteiger partial charge in [-0.05, 0) is 13.0 Å². The molecule has 1 heterocycles. The largest absolute Gasteiger partial charge is 1.00 e. The van der Waals surface area contributed by atoms with Gasteiger partial charge in [0.05, 0.1) is 0 Å². The Morgan fingerprint density at radius 1 is 1.50 bits per heavy atom. The monoisotopic (exact) mass is 212 g/mol. The maximum absolute atomic E-state index is 10.3. The molecule has 5 nitrogen and oxygen atoms in total. The third-order valence-electron chi connectivity index (χ3n) is 0.996. The van der Waals surface area contributed by atoms with E-state index in [0.29, 0.717) is 5.69 Å². The second-order valence-corrected chi connectivity index (χ2v) is 3.21. The predicted molar refractivity (Wildman–Crippen MR) is 34.7 cm³/mol. The fraction of sp³-hybridized carbons (Fsp3) is 0.200. The van der Waals surface area contributed by atoms with Crippen molar-refractivity contribution >= 4 is 10.1 Å². The zero-order valence-corrected chi connectivity index (χ0v) is 10.6. The second-order valence-electron chi connectivity index (χ2n) is 1.93. The van der Waals surface area contributed by atoms with Gasteiger partial charge in [-0.25, -0.2) is 18.4 Å². The molecule has 0 saturated heterocycles. The van der Waals surface area contributed by atoms with Crippen molar-refractivity contribution in [1.29, 1.82) is 0 Å². The van der Waals surface area contributed by atoms with E-state index < -0.39 is 15.3 Å². The van der Waals surface area contributed by atoms with Crippen LogP contribution in [0.3, 0.4) is 0 Å². The van der Waals surface area contributed by atoms with E-state index in [-0.39, 0.29) is 51.4 Å². The van der Waals surface area contributed by atoms with Crippen molar-refractivity contribution < 1.29 is 64.4 Å². The first-order chi connectivity index (χ1) is 5.00. The van der Waals surface area contributed by atoms with E-state index in [1.807, 2.05) is 0 Å². The second kappa shape index (κ2) is 4.75. The van der Waals surface area contributed by atoms with Crippen molar-refractivity contribution in [3.63, 3.8) is 0 Å². The van der Waals surface area contributed by atoms with Crippen LogP contribution in [-0.4, -0.2) is 22.9 Å². The molecular formula is C5H5KN2O3S. The molecule has 0 spiro atoms. The van der Waals surface area contributed by atoms with Crippen LogP contribution < -0.4 is 51.4 Å². The summed E-state index contributed by atoms with van der Waals surface area (Å²) in [5, 5.41) is -0.669. The molecule has 1 aromatic rings. The van der Waals surface area contributed by atoms with Crippen molar-refractivity contribution in [1.82, 2.24) is 9.97 Å². The number of aromatic nitrogens is 2. The number of hydrogen-bond acceptors (Lipinski definition) is 5. The van der Waals surface area contributed by atoms with E-state index in [1.165, 1.54) is 12.3 Å². The van der Waals surface area contributed by atoms with E-state index in [9.17, 15) is 13.0 Å². The predicted octanol–water partition coefficient (Wildman–Crippen LogP) is -3.31. The summed E-state index contributed by atoms with van der Waals surface area (Å²) in [6, 6.07) is 1.51. The molecule has 0 bridgehead atoms. The van der Waals surface area contributed by atoms with Gasteiger partial charge in [0.1, 0.15) is 0 Å². The molecule has 0 N–H and O–H groups in total. The zero-order valence-electron chi connectivity index (χ0n) is 6.68. The Bertz CT molecular complexity index is 365. The summed E-state index contributed by atoms with van der Waals surface area (Å²) in [7, 11) is -4.50. The van der Waals surface area contributed by atoms with Gasteiger partial charge in [-0.15, -0.1) is 0 Å². The minimum Gasteiger partial charge on any atom is -0.742 e. The standard InChI is InChI=1S/C5H6N2O3S.K/c1-4-2-3-6-5(7-4)11(8,9)10;/h2-3H,1H3,(H,8,9,10);/q;+1/p-1. The Balaban J connectivity index is 0.00000121. The first-order valence-electron chi connectivity index (χ1n) is 2.76. The average Bonchev–Trinajstić information content (AvgIpc) is 1.86. The summed E-state index contributed by atoms with van der Waals surface area (Å²) in [6.07, 6.45) is 1.23. The maximum Gasteiger partial charge on any atom is 1.00 e. The van der Waals surface area contributed by atoms with Crippen molar-refractivity contribution in [3.05, 3.63) is 18.0 Å². The van der Waals surface area contributed by atoms with Crippen LogP contribution in [0.2, 0.25) is 0 Å². The minimum absolute atomic E-state index is 0. The molecule has 0 unspecified atom stereocenters. The Kier molecular flexibility index (Phi) is 5.00. The van der Waals surface area contributed by atoms with Gasteiger partial charge in [0.2, 0.25) is 5.16 Å². The Morgan fingerprint density at radius 3 is 2.42 bits per heavy atom. The zero-order chi connectivity index (χ0) is 8.48. The molecule has 12 heavy (non-hydrogen) atoms. The Labute approximate surface area is 113 Å². The summed E-state index contributed by atoms with van der Waals surface area (Å²) in [4.78, 5) is 6.73. The Morgan fingerprint density at radius 2 is 2.08 bits per heavy atom. The number of aryl methyl sites for hydroxylation is 1. The molecule has 0 radical (unpaired) electrons. The fourth-order valence-corrected chi connectivity index (χ4v) is 0.992. The molecule has 0 saturated carbocycles. The molecular weight excluding hydrogens is 207 g/mol. The third kappa shape index (κ3) is 3.56. The van der Waals surface area contributed by atoms with Crippen molar-refractivity contribution in [3.8, 4) is 0 Å². The van der Waals surface area contributed by atoms with Crippen LogP contribution in [0.5, 0.6) is 0 Å². The summed E-state index contributed by atoms with van der Waals surface area (Å²) in [5.74, 6) is 0. The van der Waals surface area contributed by atoms with Crippen LogP contribution in [0.4, 0.5) is 0 Å². The average molecular weight is 212 g/mol. The summed E-state index contributed by atoms with van der Waals surface area (Å²) < 4.78 is 30.9. The molecule has 0 aliphatic carbocycles. The van der Waals surface area contributed by atoms with Gasteiger partial charge >= 0.3 is 51.4 Å². The van der Waals surface area contributed by atoms with Gasteiger partial charge in [-0.3, -0.25) is 0 Å². The molecule has 60 valence electrons. The number of hydrogen-bond donors (Lipinski definition) is 0. The van der Waals surface area contributed by atoms with Gasteiger partial charge < -0.3 is 4.55 Å². The van der Waals surface area contributed by atoms with Crippen LogP contribution >= 0.6 is 0 Å². The molecule has 1 aromatic heterocycles. The molecule has 7 heteroatoms. The SMILES string of the molecule is Cc1ccnc(S(=O)(=O)[O-])n1.[K+]. The van der Waals surface area contributed by atoms with Gasteiger partial charge in [0.25, 0.3) is 0 Å². The van der Waals surface area contributed by atoms with E-state index in [4.69, 9.17) is 0 Å². The number of nitrogens with zero attached hydrogens (tertiary/aromatic N) is 2. The van der Waals surface area contributed by atoms with E-state index in [2.05, 4.69) is 9.97 Å². The maximum atomic E-state index is 10.3. The summed E-state index contributed by atoms with van der Waals surface area (Å²) in [5.41, 5.74) is 0.453.